The van der Waals surface area contributed by atoms with Gasteiger partial charge in [0.1, 0.15) is 12.4 Å². The number of amides is 3. The first-order chi connectivity index (χ1) is 11.7. The molecular weight excluding hydrogens is 366 g/mol. The van der Waals surface area contributed by atoms with Gasteiger partial charge in [0.2, 0.25) is 5.91 Å². The molecule has 11 heteroatoms. The Balaban J connectivity index is 1.80. The lowest BCUT2D eigenvalue weighted by atomic mass is 10.2. The largest absolute Gasteiger partial charge is 0.431 e. The number of imide groups is 1. The fraction of sp³-hybridized carbons (Fsp3) is 0.214. The van der Waals surface area contributed by atoms with Crippen LogP contribution in [0.25, 0.3) is 11.3 Å². The third-order valence-electron chi connectivity index (χ3n) is 2.64. The third-order valence-corrected chi connectivity index (χ3v) is 3.48. The molecule has 1 aromatic heterocycles. The number of halogens is 4. The second-order valence-corrected chi connectivity index (χ2v) is 5.56. The van der Waals surface area contributed by atoms with E-state index in [-0.39, 0.29) is 11.0 Å². The molecule has 0 bridgehead atoms. The van der Waals surface area contributed by atoms with Crippen LogP contribution in [-0.4, -0.2) is 35.4 Å². The molecule has 1 heterocycles. The van der Waals surface area contributed by atoms with Gasteiger partial charge in [0.05, 0.1) is 11.9 Å². The fourth-order valence-corrected chi connectivity index (χ4v) is 2.19. The highest BCUT2D eigenvalue weighted by atomic mass is 32.2. The van der Waals surface area contributed by atoms with Gasteiger partial charge in [-0.2, -0.15) is 13.2 Å². The van der Waals surface area contributed by atoms with Crippen LogP contribution >= 0.6 is 11.8 Å². The second-order valence-electron chi connectivity index (χ2n) is 4.63. The highest BCUT2D eigenvalue weighted by Crippen LogP contribution is 2.25. The average Bonchev–Trinajstić information content (AvgIpc) is 3.00. The topological polar surface area (TPSA) is 84.2 Å². The van der Waals surface area contributed by atoms with E-state index in [1.807, 2.05) is 0 Å². The van der Waals surface area contributed by atoms with Crippen LogP contribution in [-0.2, 0) is 4.79 Å². The van der Waals surface area contributed by atoms with E-state index in [1.165, 1.54) is 35.8 Å². The Bertz CT molecular complexity index is 747. The monoisotopic (exact) mass is 377 g/mol. The number of aromatic nitrogens is 1. The quantitative estimate of drug-likeness (QED) is 0.618. The number of carbonyl (C=O) groups is 2. The third kappa shape index (κ3) is 6.45. The summed E-state index contributed by atoms with van der Waals surface area (Å²) in [5.74, 6) is -1.15. The highest BCUT2D eigenvalue weighted by molar-refractivity contribution is 7.99. The fourth-order valence-electron chi connectivity index (χ4n) is 1.59. The van der Waals surface area contributed by atoms with Crippen LogP contribution in [0.15, 0.2) is 40.1 Å². The van der Waals surface area contributed by atoms with Crippen molar-refractivity contribution < 1.29 is 31.6 Å². The van der Waals surface area contributed by atoms with Gasteiger partial charge < -0.3 is 9.73 Å². The van der Waals surface area contributed by atoms with Gasteiger partial charge in [-0.3, -0.25) is 10.1 Å². The number of rotatable bonds is 5. The van der Waals surface area contributed by atoms with Gasteiger partial charge in [-0.25, -0.2) is 14.2 Å². The molecule has 1 aromatic carbocycles. The van der Waals surface area contributed by atoms with Crippen LogP contribution in [0.1, 0.15) is 0 Å². The summed E-state index contributed by atoms with van der Waals surface area (Å²) in [4.78, 5) is 26.5. The van der Waals surface area contributed by atoms with Crippen molar-refractivity contribution in [2.75, 3.05) is 12.3 Å². The van der Waals surface area contributed by atoms with E-state index >= 15 is 0 Å². The van der Waals surface area contributed by atoms with Crippen LogP contribution in [0.2, 0.25) is 0 Å². The number of benzene rings is 1. The SMILES string of the molecule is O=C(CSc1ncc(-c2ccc(F)cc2)o1)NC(=O)NCC(F)(F)F. The Labute approximate surface area is 143 Å². The minimum Gasteiger partial charge on any atom is -0.431 e. The minimum atomic E-state index is -4.57. The van der Waals surface area contributed by atoms with Crippen molar-refractivity contribution in [1.82, 2.24) is 15.6 Å². The first-order valence-corrected chi connectivity index (χ1v) is 7.70. The zero-order chi connectivity index (χ0) is 18.4. The van der Waals surface area contributed by atoms with Crippen molar-refractivity contribution in [3.8, 4) is 11.3 Å². The number of hydrogen-bond acceptors (Lipinski definition) is 5. The number of hydrogen-bond donors (Lipinski definition) is 2. The number of oxazole rings is 1. The van der Waals surface area contributed by atoms with Gasteiger partial charge in [0, 0.05) is 5.56 Å². The smallest absolute Gasteiger partial charge is 0.405 e. The van der Waals surface area contributed by atoms with Crippen molar-refractivity contribution >= 4 is 23.7 Å². The predicted molar refractivity (Wildman–Crippen MR) is 80.2 cm³/mol. The molecule has 2 aromatic rings. The van der Waals surface area contributed by atoms with E-state index < -0.39 is 30.5 Å². The van der Waals surface area contributed by atoms with E-state index in [2.05, 4.69) is 4.98 Å². The number of nitrogens with one attached hydrogen (secondary N) is 2. The van der Waals surface area contributed by atoms with Crippen molar-refractivity contribution in [3.63, 3.8) is 0 Å². The molecule has 0 radical (unpaired) electrons. The summed E-state index contributed by atoms with van der Waals surface area (Å²) in [6.07, 6.45) is -3.19. The summed E-state index contributed by atoms with van der Waals surface area (Å²) in [5, 5.41) is 3.37. The molecule has 2 N–H and O–H groups in total. The summed E-state index contributed by atoms with van der Waals surface area (Å²) < 4.78 is 54.0. The first-order valence-electron chi connectivity index (χ1n) is 6.72. The van der Waals surface area contributed by atoms with Crippen molar-refractivity contribution in [3.05, 3.63) is 36.3 Å². The number of urea groups is 1. The maximum atomic E-state index is 12.9. The zero-order valence-corrected chi connectivity index (χ0v) is 13.2. The van der Waals surface area contributed by atoms with Gasteiger partial charge >= 0.3 is 12.2 Å². The molecule has 0 aliphatic heterocycles. The normalized spacial score (nSPS) is 11.2. The molecule has 2 rings (SSSR count). The summed E-state index contributed by atoms with van der Waals surface area (Å²) in [5.41, 5.74) is 0.580. The first kappa shape index (κ1) is 18.8. The Morgan fingerprint density at radius 1 is 1.20 bits per heavy atom. The molecule has 0 saturated carbocycles. The molecule has 0 saturated heterocycles. The number of alkyl halides is 3. The second kappa shape index (κ2) is 8.01. The highest BCUT2D eigenvalue weighted by Gasteiger charge is 2.28. The summed E-state index contributed by atoms with van der Waals surface area (Å²) in [6.45, 7) is -1.54. The van der Waals surface area contributed by atoms with Crippen molar-refractivity contribution in [2.24, 2.45) is 0 Å². The molecule has 0 unspecified atom stereocenters. The molecule has 0 spiro atoms. The minimum absolute atomic E-state index is 0.116. The Morgan fingerprint density at radius 2 is 1.88 bits per heavy atom. The van der Waals surface area contributed by atoms with Crippen molar-refractivity contribution in [2.45, 2.75) is 11.4 Å². The Hall–Kier alpha value is -2.56. The summed E-state index contributed by atoms with van der Waals surface area (Å²) >= 11 is 0.847. The number of carbonyl (C=O) groups excluding carboxylic acids is 2. The van der Waals surface area contributed by atoms with Gasteiger partial charge in [-0.1, -0.05) is 11.8 Å². The maximum absolute atomic E-state index is 12.9. The lowest BCUT2D eigenvalue weighted by molar-refractivity contribution is -0.124. The molecule has 0 fully saturated rings. The molecule has 134 valence electrons. The molecular formula is C14H11F4N3O3S. The number of nitrogens with zero attached hydrogens (tertiary/aromatic N) is 1. The van der Waals surface area contributed by atoms with Crippen LogP contribution in [0, 0.1) is 5.82 Å². The average molecular weight is 377 g/mol. The van der Waals surface area contributed by atoms with E-state index in [0.717, 1.165) is 11.8 Å². The standard InChI is InChI=1S/C14H11F4N3O3S/c15-9-3-1-8(2-4-9)10-5-19-13(24-10)25-6-11(22)21-12(23)20-7-14(16,17)18/h1-5H,6-7H2,(H2,20,21,22,23). The van der Waals surface area contributed by atoms with Crippen LogP contribution in [0.5, 0.6) is 0 Å². The van der Waals surface area contributed by atoms with Crippen LogP contribution in [0.3, 0.4) is 0 Å². The van der Waals surface area contributed by atoms with Crippen LogP contribution in [0.4, 0.5) is 22.4 Å². The van der Waals surface area contributed by atoms with E-state index in [1.54, 1.807) is 5.32 Å². The lowest BCUT2D eigenvalue weighted by Crippen LogP contribution is -2.43. The molecule has 0 aliphatic rings. The van der Waals surface area contributed by atoms with E-state index in [9.17, 15) is 27.2 Å². The molecule has 0 aliphatic carbocycles. The summed E-state index contributed by atoms with van der Waals surface area (Å²) in [7, 11) is 0. The maximum Gasteiger partial charge on any atom is 0.405 e. The van der Waals surface area contributed by atoms with Gasteiger partial charge in [0.25, 0.3) is 5.22 Å². The molecule has 25 heavy (non-hydrogen) atoms. The van der Waals surface area contributed by atoms with Gasteiger partial charge in [-0.15, -0.1) is 0 Å². The van der Waals surface area contributed by atoms with E-state index in [4.69, 9.17) is 4.42 Å². The Morgan fingerprint density at radius 3 is 2.52 bits per heavy atom. The molecule has 6 nitrogen and oxygen atoms in total. The van der Waals surface area contributed by atoms with E-state index in [0.29, 0.717) is 11.3 Å². The predicted octanol–water partition coefficient (Wildman–Crippen LogP) is 2.96. The molecule has 0 atom stereocenters. The van der Waals surface area contributed by atoms with Gasteiger partial charge in [-0.05, 0) is 24.3 Å². The van der Waals surface area contributed by atoms with Crippen LogP contribution < -0.4 is 10.6 Å². The summed E-state index contributed by atoms with van der Waals surface area (Å²) in [6, 6.07) is 4.22. The lowest BCUT2D eigenvalue weighted by Gasteiger charge is -2.08. The number of thioether (sulfide) groups is 1. The van der Waals surface area contributed by atoms with Gasteiger partial charge in [0.15, 0.2) is 5.76 Å². The Kier molecular flexibility index (Phi) is 6.02. The van der Waals surface area contributed by atoms with Crippen molar-refractivity contribution in [1.29, 1.82) is 0 Å². The molecule has 3 amide bonds. The zero-order valence-electron chi connectivity index (χ0n) is 12.4.